The van der Waals surface area contributed by atoms with Crippen molar-refractivity contribution in [2.75, 3.05) is 18.0 Å². The molecular formula is C13H9ClF6N2O. The van der Waals surface area contributed by atoms with Crippen LogP contribution in [0.1, 0.15) is 0 Å². The van der Waals surface area contributed by atoms with E-state index in [2.05, 4.69) is 4.98 Å². The summed E-state index contributed by atoms with van der Waals surface area (Å²) in [5.41, 5.74) is -0.621. The Labute approximate surface area is 130 Å². The summed E-state index contributed by atoms with van der Waals surface area (Å²) in [6.45, 7) is -3.53. The number of benzene rings is 1. The minimum absolute atomic E-state index is 0.0652. The number of aromatic nitrogens is 1. The molecule has 1 N–H and O–H groups in total. The Hall–Kier alpha value is -1.90. The highest BCUT2D eigenvalue weighted by Gasteiger charge is 2.37. The minimum Gasteiger partial charge on any atom is -0.353 e. The average molecular weight is 359 g/mol. The predicted octanol–water partition coefficient (Wildman–Crippen LogP) is 4.11. The van der Waals surface area contributed by atoms with Gasteiger partial charge in [-0.05, 0) is 18.2 Å². The number of hydrogen-bond acceptors (Lipinski definition) is 2. The fourth-order valence-electron chi connectivity index (χ4n) is 2.07. The number of nitrogens with one attached hydrogen (secondary N) is 1. The zero-order chi connectivity index (χ0) is 17.4. The molecule has 0 spiro atoms. The molecule has 0 saturated carbocycles. The zero-order valence-electron chi connectivity index (χ0n) is 11.2. The second-order valence-corrected chi connectivity index (χ2v) is 5.21. The number of H-pyrrole nitrogens is 1. The maximum atomic E-state index is 12.5. The summed E-state index contributed by atoms with van der Waals surface area (Å²) >= 11 is 5.82. The van der Waals surface area contributed by atoms with Crippen molar-refractivity contribution in [3.05, 3.63) is 39.6 Å². The summed E-state index contributed by atoms with van der Waals surface area (Å²) in [5.74, 6) is 0. The second kappa shape index (κ2) is 5.95. The van der Waals surface area contributed by atoms with Crippen LogP contribution in [0.25, 0.3) is 10.9 Å². The molecule has 0 aliphatic rings. The number of hydrogen-bond donors (Lipinski definition) is 1. The van der Waals surface area contributed by atoms with Crippen LogP contribution in [-0.2, 0) is 0 Å². The molecular weight excluding hydrogens is 350 g/mol. The Kier molecular flexibility index (Phi) is 4.52. The van der Waals surface area contributed by atoms with E-state index in [-0.39, 0.29) is 26.5 Å². The molecule has 0 bridgehead atoms. The van der Waals surface area contributed by atoms with Gasteiger partial charge in [-0.1, -0.05) is 11.6 Å². The van der Waals surface area contributed by atoms with Crippen LogP contribution in [0.5, 0.6) is 0 Å². The number of pyridine rings is 1. The average Bonchev–Trinajstić information content (AvgIpc) is 2.34. The van der Waals surface area contributed by atoms with Gasteiger partial charge in [-0.2, -0.15) is 26.3 Å². The lowest BCUT2D eigenvalue weighted by Gasteiger charge is -2.27. The van der Waals surface area contributed by atoms with Crippen molar-refractivity contribution in [1.29, 1.82) is 0 Å². The van der Waals surface area contributed by atoms with Crippen molar-refractivity contribution in [2.45, 2.75) is 12.4 Å². The monoisotopic (exact) mass is 358 g/mol. The molecule has 0 aliphatic carbocycles. The lowest BCUT2D eigenvalue weighted by atomic mass is 10.2. The van der Waals surface area contributed by atoms with Crippen LogP contribution in [0, 0.1) is 0 Å². The van der Waals surface area contributed by atoms with E-state index in [1.165, 1.54) is 6.07 Å². The van der Waals surface area contributed by atoms with E-state index >= 15 is 0 Å². The molecule has 0 fully saturated rings. The molecule has 2 aromatic rings. The molecule has 0 aliphatic heterocycles. The smallest absolute Gasteiger partial charge is 0.353 e. The predicted molar refractivity (Wildman–Crippen MR) is 73.9 cm³/mol. The topological polar surface area (TPSA) is 36.1 Å². The van der Waals surface area contributed by atoms with Gasteiger partial charge in [0, 0.05) is 22.7 Å². The Morgan fingerprint density at radius 2 is 1.57 bits per heavy atom. The Morgan fingerprint density at radius 3 is 2.09 bits per heavy atom. The van der Waals surface area contributed by atoms with Crippen LogP contribution in [0.2, 0.25) is 5.02 Å². The van der Waals surface area contributed by atoms with Crippen LogP contribution >= 0.6 is 11.6 Å². The third kappa shape index (κ3) is 4.78. The van der Waals surface area contributed by atoms with Crippen LogP contribution in [0.3, 0.4) is 0 Å². The first-order valence-electron chi connectivity index (χ1n) is 6.16. The summed E-state index contributed by atoms with van der Waals surface area (Å²) < 4.78 is 75.2. The molecule has 0 atom stereocenters. The number of rotatable bonds is 3. The summed E-state index contributed by atoms with van der Waals surface area (Å²) in [5, 5.41) is 0.0858. The molecule has 23 heavy (non-hydrogen) atoms. The lowest BCUT2D eigenvalue weighted by Crippen LogP contribution is -2.40. The molecule has 10 heteroatoms. The van der Waals surface area contributed by atoms with Crippen molar-refractivity contribution >= 4 is 28.2 Å². The van der Waals surface area contributed by atoms with Gasteiger partial charge in [0.05, 0.1) is 5.02 Å². The highest BCUT2D eigenvalue weighted by atomic mass is 35.5. The van der Waals surface area contributed by atoms with Crippen molar-refractivity contribution in [2.24, 2.45) is 0 Å². The standard InChI is InChI=1S/C13H9ClF6N2O/c14-9-4-11(23)21-10-2-1-7(3-8(9)10)22(5-12(15,16)17)6-13(18,19)20/h1-4H,5-6H2,(H,21,23). The Balaban J connectivity index is 2.49. The molecule has 1 aromatic carbocycles. The molecule has 0 unspecified atom stereocenters. The number of halogens is 7. The van der Waals surface area contributed by atoms with Gasteiger partial charge < -0.3 is 9.88 Å². The first kappa shape index (κ1) is 17.5. The van der Waals surface area contributed by atoms with E-state index in [4.69, 9.17) is 11.6 Å². The highest BCUT2D eigenvalue weighted by molar-refractivity contribution is 6.35. The van der Waals surface area contributed by atoms with Crippen LogP contribution in [0.4, 0.5) is 32.0 Å². The third-order valence-electron chi connectivity index (χ3n) is 2.88. The largest absolute Gasteiger partial charge is 0.405 e. The SMILES string of the molecule is O=c1cc(Cl)c2cc(N(CC(F)(F)F)CC(F)(F)F)ccc2[nH]1. The molecule has 126 valence electrons. The third-order valence-corrected chi connectivity index (χ3v) is 3.19. The fourth-order valence-corrected chi connectivity index (χ4v) is 2.32. The van der Waals surface area contributed by atoms with E-state index in [1.807, 2.05) is 0 Å². The van der Waals surface area contributed by atoms with Gasteiger partial charge in [-0.3, -0.25) is 4.79 Å². The maximum absolute atomic E-state index is 12.5. The Morgan fingerprint density at radius 1 is 1.00 bits per heavy atom. The first-order chi connectivity index (χ1) is 10.4. The zero-order valence-corrected chi connectivity index (χ0v) is 12.0. The molecule has 3 nitrogen and oxygen atoms in total. The highest BCUT2D eigenvalue weighted by Crippen LogP contribution is 2.30. The fraction of sp³-hybridized carbons (Fsp3) is 0.308. The van der Waals surface area contributed by atoms with Gasteiger partial charge >= 0.3 is 12.4 Å². The molecule has 2 rings (SSSR count). The number of anilines is 1. The second-order valence-electron chi connectivity index (χ2n) is 4.80. The summed E-state index contributed by atoms with van der Waals surface area (Å²) in [7, 11) is 0. The van der Waals surface area contributed by atoms with Gasteiger partial charge in [0.2, 0.25) is 5.56 Å². The quantitative estimate of drug-likeness (QED) is 0.838. The van der Waals surface area contributed by atoms with E-state index in [1.54, 1.807) is 0 Å². The maximum Gasteiger partial charge on any atom is 0.405 e. The summed E-state index contributed by atoms with van der Waals surface area (Å²) in [6, 6.07) is 4.33. The molecule has 0 amide bonds. The van der Waals surface area contributed by atoms with Gasteiger partial charge in [0.25, 0.3) is 0 Å². The van der Waals surface area contributed by atoms with E-state index in [0.717, 1.165) is 18.2 Å². The number of nitrogens with zero attached hydrogens (tertiary/aromatic N) is 1. The van der Waals surface area contributed by atoms with Gasteiger partial charge in [-0.25, -0.2) is 0 Å². The summed E-state index contributed by atoms with van der Waals surface area (Å²) in [6.07, 6.45) is -9.62. The van der Waals surface area contributed by atoms with E-state index in [0.29, 0.717) is 0 Å². The summed E-state index contributed by atoms with van der Waals surface area (Å²) in [4.78, 5) is 13.8. The van der Waals surface area contributed by atoms with E-state index < -0.39 is 31.0 Å². The normalized spacial score (nSPS) is 12.7. The lowest BCUT2D eigenvalue weighted by molar-refractivity contribution is -0.137. The van der Waals surface area contributed by atoms with Gasteiger partial charge in [0.1, 0.15) is 13.1 Å². The van der Waals surface area contributed by atoms with Crippen molar-refractivity contribution in [1.82, 2.24) is 4.98 Å². The van der Waals surface area contributed by atoms with Crippen molar-refractivity contribution < 1.29 is 26.3 Å². The Bertz CT molecular complexity index is 752. The van der Waals surface area contributed by atoms with Crippen LogP contribution in [0.15, 0.2) is 29.1 Å². The number of alkyl halides is 6. The van der Waals surface area contributed by atoms with Crippen LogP contribution in [-0.4, -0.2) is 30.4 Å². The molecule has 0 saturated heterocycles. The van der Waals surface area contributed by atoms with Crippen molar-refractivity contribution in [3.8, 4) is 0 Å². The van der Waals surface area contributed by atoms with Crippen molar-refractivity contribution in [3.63, 3.8) is 0 Å². The van der Waals surface area contributed by atoms with Crippen LogP contribution < -0.4 is 10.5 Å². The van der Waals surface area contributed by atoms with Gasteiger partial charge in [0.15, 0.2) is 0 Å². The molecule has 1 heterocycles. The first-order valence-corrected chi connectivity index (χ1v) is 6.53. The van der Waals surface area contributed by atoms with E-state index in [9.17, 15) is 31.1 Å². The number of fused-ring (bicyclic) bond motifs is 1. The van der Waals surface area contributed by atoms with Gasteiger partial charge in [-0.15, -0.1) is 0 Å². The number of aromatic amines is 1. The molecule has 1 aromatic heterocycles. The minimum atomic E-state index is -4.81. The molecule has 0 radical (unpaired) electrons.